The average molecular weight is 201 g/mol. The molecule has 0 amide bonds. The fraction of sp³-hybridized carbons (Fsp3) is 0.250. The van der Waals surface area contributed by atoms with Crippen molar-refractivity contribution in [3.8, 4) is 0 Å². The lowest BCUT2D eigenvalue weighted by Crippen LogP contribution is -2.08. The topological polar surface area (TPSA) is 42.2 Å². The fourth-order valence-corrected chi connectivity index (χ4v) is 2.38. The van der Waals surface area contributed by atoms with Crippen molar-refractivity contribution in [1.29, 1.82) is 0 Å². The lowest BCUT2D eigenvalue weighted by atomic mass is 10.0. The molecule has 3 heteroatoms. The van der Waals surface area contributed by atoms with Gasteiger partial charge in [0.2, 0.25) is 0 Å². The highest BCUT2D eigenvalue weighted by Gasteiger charge is 2.15. The van der Waals surface area contributed by atoms with Crippen molar-refractivity contribution in [2.24, 2.45) is 0 Å². The molecule has 0 bridgehead atoms. The first-order chi connectivity index (χ1) is 7.25. The molecule has 0 atom stereocenters. The molecule has 0 radical (unpaired) electrons. The van der Waals surface area contributed by atoms with Crippen LogP contribution in [0.3, 0.4) is 0 Å². The number of carboxylic acids is 1. The van der Waals surface area contributed by atoms with Crippen LogP contribution in [0.5, 0.6) is 0 Å². The van der Waals surface area contributed by atoms with Gasteiger partial charge in [0.1, 0.15) is 0 Å². The van der Waals surface area contributed by atoms with Crippen LogP contribution in [0.2, 0.25) is 0 Å². The van der Waals surface area contributed by atoms with E-state index < -0.39 is 5.97 Å². The maximum Gasteiger partial charge on any atom is 0.335 e. The van der Waals surface area contributed by atoms with Gasteiger partial charge in [0.25, 0.3) is 0 Å². The number of hydrogen-bond acceptors (Lipinski definition) is 1. The second kappa shape index (κ2) is 2.86. The Hall–Kier alpha value is -1.77. The number of aromatic carboxylic acids is 1. The number of hydrogen-bond donors (Lipinski definition) is 1. The maximum absolute atomic E-state index is 10.9. The molecule has 2 aromatic rings. The fourth-order valence-electron chi connectivity index (χ4n) is 2.38. The number of benzene rings is 1. The molecular formula is C12H11NO2. The normalized spacial score (nSPS) is 14.4. The van der Waals surface area contributed by atoms with Gasteiger partial charge in [-0.2, -0.15) is 0 Å². The Morgan fingerprint density at radius 3 is 3.07 bits per heavy atom. The SMILES string of the molecule is O=C(O)c1cc2c3c(ccn3CCC2)c1. The minimum Gasteiger partial charge on any atom is -0.478 e. The highest BCUT2D eigenvalue weighted by atomic mass is 16.4. The summed E-state index contributed by atoms with van der Waals surface area (Å²) in [6.07, 6.45) is 4.13. The second-order valence-corrected chi connectivity index (χ2v) is 3.99. The molecule has 0 spiro atoms. The summed E-state index contributed by atoms with van der Waals surface area (Å²) in [5, 5.41) is 10.0. The number of nitrogens with zero attached hydrogens (tertiary/aromatic N) is 1. The van der Waals surface area contributed by atoms with Crippen molar-refractivity contribution >= 4 is 16.9 Å². The third kappa shape index (κ3) is 1.16. The van der Waals surface area contributed by atoms with Gasteiger partial charge in [0.15, 0.2) is 0 Å². The summed E-state index contributed by atoms with van der Waals surface area (Å²) in [6, 6.07) is 5.56. The van der Waals surface area contributed by atoms with Crippen molar-refractivity contribution in [3.63, 3.8) is 0 Å². The number of carbonyl (C=O) groups is 1. The quantitative estimate of drug-likeness (QED) is 0.769. The van der Waals surface area contributed by atoms with E-state index in [0.29, 0.717) is 5.56 Å². The van der Waals surface area contributed by atoms with Crippen molar-refractivity contribution in [2.45, 2.75) is 19.4 Å². The van der Waals surface area contributed by atoms with Crippen LogP contribution in [0.4, 0.5) is 0 Å². The predicted octanol–water partition coefficient (Wildman–Crippen LogP) is 2.29. The Morgan fingerprint density at radius 2 is 2.27 bits per heavy atom. The summed E-state index contributed by atoms with van der Waals surface area (Å²) < 4.78 is 2.21. The van der Waals surface area contributed by atoms with E-state index >= 15 is 0 Å². The van der Waals surface area contributed by atoms with Gasteiger partial charge in [-0.3, -0.25) is 0 Å². The molecule has 1 aliphatic heterocycles. The maximum atomic E-state index is 10.9. The van der Waals surface area contributed by atoms with E-state index in [1.165, 1.54) is 11.1 Å². The van der Waals surface area contributed by atoms with Crippen molar-refractivity contribution in [2.75, 3.05) is 0 Å². The molecule has 2 heterocycles. The van der Waals surface area contributed by atoms with Crippen LogP contribution in [-0.4, -0.2) is 15.6 Å². The summed E-state index contributed by atoms with van der Waals surface area (Å²) in [5.41, 5.74) is 2.78. The van der Waals surface area contributed by atoms with Crippen LogP contribution in [-0.2, 0) is 13.0 Å². The molecule has 3 nitrogen and oxygen atoms in total. The molecule has 1 aromatic carbocycles. The molecule has 3 rings (SSSR count). The zero-order chi connectivity index (χ0) is 10.4. The molecule has 0 aliphatic carbocycles. The summed E-state index contributed by atoms with van der Waals surface area (Å²) in [6.45, 7) is 1.04. The smallest absolute Gasteiger partial charge is 0.335 e. The Labute approximate surface area is 86.9 Å². The zero-order valence-corrected chi connectivity index (χ0v) is 8.23. The molecular weight excluding hydrogens is 190 g/mol. The van der Waals surface area contributed by atoms with E-state index in [9.17, 15) is 4.79 Å². The van der Waals surface area contributed by atoms with Crippen LogP contribution in [0, 0.1) is 0 Å². The average Bonchev–Trinajstić information content (AvgIpc) is 2.64. The molecule has 1 N–H and O–H groups in total. The van der Waals surface area contributed by atoms with E-state index in [2.05, 4.69) is 4.57 Å². The van der Waals surface area contributed by atoms with Gasteiger partial charge < -0.3 is 9.67 Å². The predicted molar refractivity (Wildman–Crippen MR) is 57.2 cm³/mol. The Balaban J connectivity index is 2.36. The van der Waals surface area contributed by atoms with E-state index in [1.807, 2.05) is 12.3 Å². The lowest BCUT2D eigenvalue weighted by molar-refractivity contribution is 0.0697. The molecule has 0 fully saturated rings. The largest absolute Gasteiger partial charge is 0.478 e. The number of carboxylic acid groups (broad SMARTS) is 1. The minimum absolute atomic E-state index is 0.400. The third-order valence-corrected chi connectivity index (χ3v) is 3.03. The molecule has 76 valence electrons. The van der Waals surface area contributed by atoms with E-state index in [4.69, 9.17) is 5.11 Å². The molecule has 0 saturated heterocycles. The van der Waals surface area contributed by atoms with Crippen molar-refractivity contribution < 1.29 is 9.90 Å². The van der Waals surface area contributed by atoms with Gasteiger partial charge in [-0.05, 0) is 36.6 Å². The minimum atomic E-state index is -0.841. The lowest BCUT2D eigenvalue weighted by Gasteiger charge is -2.15. The van der Waals surface area contributed by atoms with Gasteiger partial charge in [-0.1, -0.05) is 0 Å². The first kappa shape index (κ1) is 8.53. The Kier molecular flexibility index (Phi) is 1.63. The Bertz CT molecular complexity index is 554. The van der Waals surface area contributed by atoms with Crippen LogP contribution >= 0.6 is 0 Å². The monoisotopic (exact) mass is 201 g/mol. The van der Waals surface area contributed by atoms with E-state index in [0.717, 1.165) is 24.8 Å². The van der Waals surface area contributed by atoms with Gasteiger partial charge in [0.05, 0.1) is 11.1 Å². The second-order valence-electron chi connectivity index (χ2n) is 3.99. The van der Waals surface area contributed by atoms with Gasteiger partial charge in [-0.25, -0.2) is 4.79 Å². The summed E-state index contributed by atoms with van der Waals surface area (Å²) in [4.78, 5) is 10.9. The van der Waals surface area contributed by atoms with Gasteiger partial charge in [0, 0.05) is 18.1 Å². The first-order valence-electron chi connectivity index (χ1n) is 5.11. The number of aromatic nitrogens is 1. The summed E-state index contributed by atoms with van der Waals surface area (Å²) >= 11 is 0. The molecule has 1 aliphatic rings. The third-order valence-electron chi connectivity index (χ3n) is 3.03. The zero-order valence-electron chi connectivity index (χ0n) is 8.23. The van der Waals surface area contributed by atoms with Gasteiger partial charge in [-0.15, -0.1) is 0 Å². The van der Waals surface area contributed by atoms with Crippen molar-refractivity contribution in [1.82, 2.24) is 4.57 Å². The van der Waals surface area contributed by atoms with E-state index in [1.54, 1.807) is 12.1 Å². The highest BCUT2D eigenvalue weighted by Crippen LogP contribution is 2.27. The molecule has 0 unspecified atom stereocenters. The molecule has 15 heavy (non-hydrogen) atoms. The van der Waals surface area contributed by atoms with Gasteiger partial charge >= 0.3 is 5.97 Å². The highest BCUT2D eigenvalue weighted by molar-refractivity contribution is 5.95. The molecule has 1 aromatic heterocycles. The van der Waals surface area contributed by atoms with Crippen LogP contribution in [0.25, 0.3) is 10.9 Å². The van der Waals surface area contributed by atoms with Crippen LogP contribution in [0.1, 0.15) is 22.3 Å². The first-order valence-corrected chi connectivity index (χ1v) is 5.11. The Morgan fingerprint density at radius 1 is 1.40 bits per heavy atom. The van der Waals surface area contributed by atoms with Crippen molar-refractivity contribution in [3.05, 3.63) is 35.5 Å². The van der Waals surface area contributed by atoms with E-state index in [-0.39, 0.29) is 0 Å². The van der Waals surface area contributed by atoms with Crippen LogP contribution < -0.4 is 0 Å². The number of aryl methyl sites for hydroxylation is 2. The standard InChI is InChI=1S/C12H11NO2/c14-12(15)10-6-8-2-1-4-13-5-3-9(7-10)11(8)13/h3,5-7H,1-2,4H2,(H,14,15). The molecule has 0 saturated carbocycles. The summed E-state index contributed by atoms with van der Waals surface area (Å²) in [7, 11) is 0. The number of rotatable bonds is 1. The van der Waals surface area contributed by atoms with Crippen LogP contribution in [0.15, 0.2) is 24.4 Å². The summed E-state index contributed by atoms with van der Waals surface area (Å²) in [5.74, 6) is -0.841.